The summed E-state index contributed by atoms with van der Waals surface area (Å²) >= 11 is 0. The van der Waals surface area contributed by atoms with E-state index in [2.05, 4.69) is 5.43 Å². The van der Waals surface area contributed by atoms with Crippen LogP contribution in [0.5, 0.6) is 0 Å². The molecule has 3 fully saturated rings. The zero-order chi connectivity index (χ0) is 13.1. The molecule has 0 radical (unpaired) electrons. The van der Waals surface area contributed by atoms with E-state index in [9.17, 15) is 0 Å². The number of amidine groups is 1. The molecule has 3 unspecified atom stereocenters. The van der Waals surface area contributed by atoms with Crippen LogP contribution in [0.4, 0.5) is 0 Å². The largest absolute Gasteiger partial charge is 0.312 e. The first-order valence-electron chi connectivity index (χ1n) is 8.41. The Labute approximate surface area is 117 Å². The number of hydrazine groups is 1. The first kappa shape index (κ1) is 13.4. The minimum absolute atomic E-state index is 0.551. The van der Waals surface area contributed by atoms with Crippen molar-refractivity contribution < 1.29 is 0 Å². The van der Waals surface area contributed by atoms with Gasteiger partial charge in [0.15, 0.2) is 0 Å². The number of rotatable bonds is 2. The molecule has 0 amide bonds. The molecule has 0 aromatic carbocycles. The molecule has 0 heterocycles. The average molecular weight is 263 g/mol. The highest BCUT2D eigenvalue weighted by Crippen LogP contribution is 2.43. The normalized spacial score (nSPS) is 37.1. The summed E-state index contributed by atoms with van der Waals surface area (Å²) in [4.78, 5) is 4.94. The summed E-state index contributed by atoms with van der Waals surface area (Å²) in [5.41, 5.74) is 2.94. The zero-order valence-electron chi connectivity index (χ0n) is 12.1. The number of hydrogen-bond donors (Lipinski definition) is 2. The minimum atomic E-state index is 0.551. The number of aliphatic imine (C=N–C) groups is 1. The van der Waals surface area contributed by atoms with E-state index in [4.69, 9.17) is 10.8 Å². The van der Waals surface area contributed by atoms with Gasteiger partial charge in [-0.25, -0.2) is 5.84 Å². The fraction of sp³-hybridized carbons (Fsp3) is 0.938. The van der Waals surface area contributed by atoms with Crippen molar-refractivity contribution >= 4 is 5.84 Å². The van der Waals surface area contributed by atoms with E-state index in [1.54, 1.807) is 0 Å². The summed E-state index contributed by atoms with van der Waals surface area (Å²) in [5, 5.41) is 0. The van der Waals surface area contributed by atoms with Crippen molar-refractivity contribution in [3.05, 3.63) is 0 Å². The van der Waals surface area contributed by atoms with Crippen molar-refractivity contribution in [1.29, 1.82) is 0 Å². The van der Waals surface area contributed by atoms with Crippen molar-refractivity contribution in [2.75, 3.05) is 0 Å². The highest BCUT2D eigenvalue weighted by molar-refractivity contribution is 5.84. The molecule has 3 aliphatic rings. The lowest BCUT2D eigenvalue weighted by Crippen LogP contribution is -2.41. The Balaban J connectivity index is 1.63. The third-order valence-electron chi connectivity index (χ3n) is 5.72. The first-order valence-corrected chi connectivity index (χ1v) is 8.41. The lowest BCUT2D eigenvalue weighted by molar-refractivity contribution is 0.151. The Kier molecular flexibility index (Phi) is 4.42. The summed E-state index contributed by atoms with van der Waals surface area (Å²) in [5.74, 6) is 9.47. The van der Waals surface area contributed by atoms with Crippen LogP contribution in [0, 0.1) is 17.8 Å². The highest BCUT2D eigenvalue weighted by atomic mass is 15.3. The van der Waals surface area contributed by atoms with Crippen LogP contribution in [0.25, 0.3) is 0 Å². The van der Waals surface area contributed by atoms with Crippen LogP contribution in [0.2, 0.25) is 0 Å². The molecule has 3 rings (SSSR count). The van der Waals surface area contributed by atoms with E-state index in [1.807, 2.05) is 0 Å². The Bertz CT molecular complexity index is 320. The van der Waals surface area contributed by atoms with Crippen LogP contribution in [0.3, 0.4) is 0 Å². The van der Waals surface area contributed by atoms with E-state index in [0.29, 0.717) is 12.0 Å². The number of fused-ring (bicyclic) bond motifs is 1. The predicted molar refractivity (Wildman–Crippen MR) is 79.8 cm³/mol. The Hall–Kier alpha value is -0.570. The third-order valence-corrected chi connectivity index (χ3v) is 5.72. The highest BCUT2D eigenvalue weighted by Gasteiger charge is 2.34. The van der Waals surface area contributed by atoms with Crippen molar-refractivity contribution in [1.82, 2.24) is 5.43 Å². The number of nitrogens with two attached hydrogens (primary N) is 1. The maximum atomic E-state index is 5.77. The molecular weight excluding hydrogens is 234 g/mol. The molecular formula is C16H29N3. The summed E-state index contributed by atoms with van der Waals surface area (Å²) in [6.07, 6.45) is 15.1. The summed E-state index contributed by atoms with van der Waals surface area (Å²) < 4.78 is 0. The fourth-order valence-electron chi connectivity index (χ4n) is 4.61. The second-order valence-electron chi connectivity index (χ2n) is 6.91. The van der Waals surface area contributed by atoms with Crippen LogP contribution in [-0.2, 0) is 0 Å². The molecule has 0 spiro atoms. The van der Waals surface area contributed by atoms with E-state index in [1.165, 1.54) is 70.6 Å². The zero-order valence-corrected chi connectivity index (χ0v) is 12.1. The molecule has 3 aliphatic carbocycles. The van der Waals surface area contributed by atoms with Gasteiger partial charge in [-0.15, -0.1) is 0 Å². The summed E-state index contributed by atoms with van der Waals surface area (Å²) in [6, 6.07) is 0.551. The molecule has 0 bridgehead atoms. The quantitative estimate of drug-likeness (QED) is 0.347. The number of nitrogens with zero attached hydrogens (tertiary/aromatic N) is 1. The van der Waals surface area contributed by atoms with Gasteiger partial charge in [-0.05, 0) is 43.9 Å². The van der Waals surface area contributed by atoms with Crippen LogP contribution in [0.15, 0.2) is 4.99 Å². The smallest absolute Gasteiger partial charge is 0.114 e. The standard InChI is InChI=1S/C16H29N3/c17-19-16(18-15-7-3-4-8-15)14-10-9-12-5-1-2-6-13(12)11-14/h12-15H,1-11,17H2,(H,18,19). The van der Waals surface area contributed by atoms with Gasteiger partial charge < -0.3 is 5.43 Å². The van der Waals surface area contributed by atoms with Crippen LogP contribution < -0.4 is 11.3 Å². The molecule has 0 aromatic heterocycles. The second kappa shape index (κ2) is 6.25. The molecule has 0 saturated heterocycles. The monoisotopic (exact) mass is 263 g/mol. The van der Waals surface area contributed by atoms with Crippen molar-refractivity contribution in [2.24, 2.45) is 28.6 Å². The molecule has 19 heavy (non-hydrogen) atoms. The molecule has 0 aliphatic heterocycles. The lowest BCUT2D eigenvalue weighted by Gasteiger charge is -2.39. The predicted octanol–water partition coefficient (Wildman–Crippen LogP) is 3.40. The Morgan fingerprint density at radius 2 is 1.53 bits per heavy atom. The van der Waals surface area contributed by atoms with E-state index in [0.717, 1.165) is 17.7 Å². The average Bonchev–Trinajstić information content (AvgIpc) is 2.97. The number of hydrogen-bond acceptors (Lipinski definition) is 2. The van der Waals surface area contributed by atoms with Gasteiger partial charge in [0.05, 0.1) is 6.04 Å². The second-order valence-corrected chi connectivity index (χ2v) is 6.91. The van der Waals surface area contributed by atoms with Crippen LogP contribution in [-0.4, -0.2) is 11.9 Å². The van der Waals surface area contributed by atoms with Gasteiger partial charge in [0.2, 0.25) is 0 Å². The van der Waals surface area contributed by atoms with Crippen molar-refractivity contribution in [3.8, 4) is 0 Å². The van der Waals surface area contributed by atoms with Gasteiger partial charge in [0, 0.05) is 5.92 Å². The van der Waals surface area contributed by atoms with Gasteiger partial charge >= 0.3 is 0 Å². The lowest BCUT2D eigenvalue weighted by atomic mass is 9.67. The fourth-order valence-corrected chi connectivity index (χ4v) is 4.61. The van der Waals surface area contributed by atoms with Crippen molar-refractivity contribution in [3.63, 3.8) is 0 Å². The van der Waals surface area contributed by atoms with Gasteiger partial charge in [0.1, 0.15) is 5.84 Å². The maximum absolute atomic E-state index is 5.77. The molecule has 3 atom stereocenters. The van der Waals surface area contributed by atoms with Crippen LogP contribution in [0.1, 0.15) is 70.6 Å². The van der Waals surface area contributed by atoms with E-state index in [-0.39, 0.29) is 0 Å². The SMILES string of the molecule is NNC(=NC1CCCC1)C1CCC2CCCCC2C1. The van der Waals surface area contributed by atoms with E-state index < -0.39 is 0 Å². The number of nitrogens with one attached hydrogen (secondary N) is 1. The molecule has 0 aromatic rings. The maximum Gasteiger partial charge on any atom is 0.114 e. The van der Waals surface area contributed by atoms with Gasteiger partial charge in [-0.2, -0.15) is 0 Å². The van der Waals surface area contributed by atoms with E-state index >= 15 is 0 Å². The topological polar surface area (TPSA) is 50.4 Å². The van der Waals surface area contributed by atoms with Gasteiger partial charge in [-0.1, -0.05) is 38.5 Å². The molecule has 3 N–H and O–H groups in total. The first-order chi connectivity index (χ1) is 9.36. The third kappa shape index (κ3) is 3.13. The Morgan fingerprint density at radius 1 is 0.842 bits per heavy atom. The Morgan fingerprint density at radius 3 is 2.26 bits per heavy atom. The summed E-state index contributed by atoms with van der Waals surface area (Å²) in [6.45, 7) is 0. The minimum Gasteiger partial charge on any atom is -0.312 e. The van der Waals surface area contributed by atoms with Gasteiger partial charge in [0.25, 0.3) is 0 Å². The van der Waals surface area contributed by atoms with Crippen LogP contribution >= 0.6 is 0 Å². The molecule has 3 saturated carbocycles. The van der Waals surface area contributed by atoms with Crippen molar-refractivity contribution in [2.45, 2.75) is 76.7 Å². The summed E-state index contributed by atoms with van der Waals surface area (Å²) in [7, 11) is 0. The molecule has 3 nitrogen and oxygen atoms in total. The van der Waals surface area contributed by atoms with Gasteiger partial charge in [-0.3, -0.25) is 4.99 Å². The molecule has 3 heteroatoms. The molecule has 108 valence electrons.